The van der Waals surface area contributed by atoms with Crippen LogP contribution in [-0.2, 0) is 4.79 Å². The molecule has 0 aromatic carbocycles. The van der Waals surface area contributed by atoms with Crippen LogP contribution in [0, 0.1) is 17.8 Å². The highest BCUT2D eigenvalue weighted by molar-refractivity contribution is 5.79. The lowest BCUT2D eigenvalue weighted by Gasteiger charge is -2.20. The molecule has 0 aromatic rings. The van der Waals surface area contributed by atoms with Gasteiger partial charge in [0.2, 0.25) is 5.91 Å². The van der Waals surface area contributed by atoms with E-state index in [1.807, 2.05) is 6.92 Å². The Hall–Kier alpha value is -0.570. The van der Waals surface area contributed by atoms with Crippen LogP contribution in [-0.4, -0.2) is 18.5 Å². The van der Waals surface area contributed by atoms with E-state index in [2.05, 4.69) is 5.32 Å². The smallest absolute Gasteiger partial charge is 0.223 e. The predicted molar refractivity (Wildman–Crippen MR) is 64.8 cm³/mol. The average molecular weight is 224 g/mol. The van der Waals surface area contributed by atoms with Crippen LogP contribution in [0.25, 0.3) is 0 Å². The van der Waals surface area contributed by atoms with Gasteiger partial charge in [-0.3, -0.25) is 4.79 Å². The van der Waals surface area contributed by atoms with Gasteiger partial charge in [-0.05, 0) is 50.9 Å². The van der Waals surface area contributed by atoms with Crippen molar-refractivity contribution in [2.45, 2.75) is 51.5 Å². The van der Waals surface area contributed by atoms with E-state index in [4.69, 9.17) is 5.73 Å². The van der Waals surface area contributed by atoms with E-state index in [9.17, 15) is 4.79 Å². The predicted octanol–water partition coefficient (Wildman–Crippen LogP) is 1.67. The lowest BCUT2D eigenvalue weighted by molar-refractivity contribution is -0.126. The molecule has 0 spiro atoms. The second kappa shape index (κ2) is 5.17. The number of carbonyl (C=O) groups is 1. The zero-order valence-corrected chi connectivity index (χ0v) is 10.2. The van der Waals surface area contributed by atoms with Crippen molar-refractivity contribution < 1.29 is 4.79 Å². The van der Waals surface area contributed by atoms with Gasteiger partial charge in [0.1, 0.15) is 0 Å². The standard InChI is InChI=1S/C13H24N2O/c1-9(14)3-2-6-15-13(16)12-8-10-4-5-11(12)7-10/h9-12H,2-8,14H2,1H3,(H,15,16). The number of nitrogens with one attached hydrogen (secondary N) is 1. The maximum atomic E-state index is 11.9. The van der Waals surface area contributed by atoms with Gasteiger partial charge in [0, 0.05) is 18.5 Å². The fourth-order valence-corrected chi connectivity index (χ4v) is 3.33. The van der Waals surface area contributed by atoms with Crippen molar-refractivity contribution >= 4 is 5.91 Å². The van der Waals surface area contributed by atoms with Crippen molar-refractivity contribution in [1.82, 2.24) is 5.32 Å². The number of amides is 1. The van der Waals surface area contributed by atoms with E-state index in [-0.39, 0.29) is 6.04 Å². The van der Waals surface area contributed by atoms with E-state index in [1.54, 1.807) is 0 Å². The zero-order chi connectivity index (χ0) is 11.5. The topological polar surface area (TPSA) is 55.1 Å². The summed E-state index contributed by atoms with van der Waals surface area (Å²) in [5.41, 5.74) is 5.67. The van der Waals surface area contributed by atoms with E-state index in [1.165, 1.54) is 19.3 Å². The number of fused-ring (bicyclic) bond motifs is 2. The van der Waals surface area contributed by atoms with Gasteiger partial charge in [-0.2, -0.15) is 0 Å². The Morgan fingerprint density at radius 3 is 2.81 bits per heavy atom. The fourth-order valence-electron chi connectivity index (χ4n) is 3.33. The number of hydrogen-bond acceptors (Lipinski definition) is 2. The third kappa shape index (κ3) is 2.76. The Morgan fingerprint density at radius 2 is 2.25 bits per heavy atom. The molecule has 0 radical (unpaired) electrons. The van der Waals surface area contributed by atoms with Gasteiger partial charge in [0.25, 0.3) is 0 Å². The number of rotatable bonds is 5. The number of hydrogen-bond donors (Lipinski definition) is 2. The summed E-state index contributed by atoms with van der Waals surface area (Å²) in [6.07, 6.45) is 7.09. The van der Waals surface area contributed by atoms with E-state index < -0.39 is 0 Å². The van der Waals surface area contributed by atoms with Crippen LogP contribution in [0.2, 0.25) is 0 Å². The lowest BCUT2D eigenvalue weighted by Crippen LogP contribution is -2.34. The molecular weight excluding hydrogens is 200 g/mol. The van der Waals surface area contributed by atoms with Gasteiger partial charge in [0.05, 0.1) is 0 Å². The third-order valence-electron chi connectivity index (χ3n) is 4.21. The van der Waals surface area contributed by atoms with Crippen LogP contribution in [0.3, 0.4) is 0 Å². The van der Waals surface area contributed by atoms with Crippen molar-refractivity contribution in [2.24, 2.45) is 23.5 Å². The molecule has 0 aromatic heterocycles. The summed E-state index contributed by atoms with van der Waals surface area (Å²) in [6, 6.07) is 0.249. The van der Waals surface area contributed by atoms with Crippen LogP contribution < -0.4 is 11.1 Å². The van der Waals surface area contributed by atoms with Gasteiger partial charge >= 0.3 is 0 Å². The second-order valence-corrected chi connectivity index (χ2v) is 5.69. The molecule has 2 saturated carbocycles. The minimum atomic E-state index is 0.249. The van der Waals surface area contributed by atoms with Crippen LogP contribution in [0.5, 0.6) is 0 Å². The monoisotopic (exact) mass is 224 g/mol. The molecule has 2 aliphatic rings. The van der Waals surface area contributed by atoms with E-state index in [0.717, 1.165) is 31.7 Å². The quantitative estimate of drug-likeness (QED) is 0.698. The van der Waals surface area contributed by atoms with Crippen LogP contribution in [0.1, 0.15) is 45.4 Å². The first-order chi connectivity index (χ1) is 7.66. The second-order valence-electron chi connectivity index (χ2n) is 5.69. The molecule has 0 aliphatic heterocycles. The Kier molecular flexibility index (Phi) is 3.85. The third-order valence-corrected chi connectivity index (χ3v) is 4.21. The van der Waals surface area contributed by atoms with Crippen LogP contribution >= 0.6 is 0 Å². The van der Waals surface area contributed by atoms with Crippen molar-refractivity contribution in [3.05, 3.63) is 0 Å². The SMILES string of the molecule is CC(N)CCCNC(=O)C1CC2CCC1C2. The van der Waals surface area contributed by atoms with Gasteiger partial charge in [0.15, 0.2) is 0 Å². The van der Waals surface area contributed by atoms with E-state index >= 15 is 0 Å². The molecule has 4 atom stereocenters. The molecule has 0 heterocycles. The fraction of sp³-hybridized carbons (Fsp3) is 0.923. The maximum Gasteiger partial charge on any atom is 0.223 e. The summed E-state index contributed by atoms with van der Waals surface area (Å²) in [5, 5.41) is 3.07. The normalized spacial score (nSPS) is 34.0. The Labute approximate surface area is 98.2 Å². The molecule has 3 heteroatoms. The average Bonchev–Trinajstić information content (AvgIpc) is 2.85. The molecule has 92 valence electrons. The molecule has 2 bridgehead atoms. The summed E-state index contributed by atoms with van der Waals surface area (Å²) in [4.78, 5) is 11.9. The first-order valence-electron chi connectivity index (χ1n) is 6.70. The summed E-state index contributed by atoms with van der Waals surface area (Å²) < 4.78 is 0. The molecule has 2 aliphatic carbocycles. The minimum Gasteiger partial charge on any atom is -0.356 e. The zero-order valence-electron chi connectivity index (χ0n) is 10.2. The van der Waals surface area contributed by atoms with Gasteiger partial charge in [-0.15, -0.1) is 0 Å². The highest BCUT2D eigenvalue weighted by atomic mass is 16.1. The molecule has 0 saturated heterocycles. The molecule has 2 rings (SSSR count). The lowest BCUT2D eigenvalue weighted by atomic mass is 9.88. The summed E-state index contributed by atoms with van der Waals surface area (Å²) in [6.45, 7) is 2.81. The van der Waals surface area contributed by atoms with Gasteiger partial charge in [-0.25, -0.2) is 0 Å². The van der Waals surface area contributed by atoms with Crippen molar-refractivity contribution in [3.8, 4) is 0 Å². The summed E-state index contributed by atoms with van der Waals surface area (Å²) in [7, 11) is 0. The summed E-state index contributed by atoms with van der Waals surface area (Å²) in [5.74, 6) is 2.18. The van der Waals surface area contributed by atoms with Gasteiger partial charge in [-0.1, -0.05) is 6.42 Å². The van der Waals surface area contributed by atoms with Crippen LogP contribution in [0.4, 0.5) is 0 Å². The van der Waals surface area contributed by atoms with Crippen molar-refractivity contribution in [2.75, 3.05) is 6.54 Å². The van der Waals surface area contributed by atoms with Gasteiger partial charge < -0.3 is 11.1 Å². The minimum absolute atomic E-state index is 0.249. The molecule has 16 heavy (non-hydrogen) atoms. The number of carbonyl (C=O) groups excluding carboxylic acids is 1. The number of nitrogens with two attached hydrogens (primary N) is 1. The van der Waals surface area contributed by atoms with Crippen molar-refractivity contribution in [1.29, 1.82) is 0 Å². The highest BCUT2D eigenvalue weighted by Gasteiger charge is 2.42. The maximum absolute atomic E-state index is 11.9. The molecule has 4 unspecified atom stereocenters. The summed E-state index contributed by atoms with van der Waals surface area (Å²) >= 11 is 0. The van der Waals surface area contributed by atoms with Crippen molar-refractivity contribution in [3.63, 3.8) is 0 Å². The molecule has 2 fully saturated rings. The highest BCUT2D eigenvalue weighted by Crippen LogP contribution is 2.48. The van der Waals surface area contributed by atoms with E-state index in [0.29, 0.717) is 17.7 Å². The molecular formula is C13H24N2O. The molecule has 3 N–H and O–H groups in total. The van der Waals surface area contributed by atoms with Crippen LogP contribution in [0.15, 0.2) is 0 Å². The Balaban J connectivity index is 1.65. The molecule has 1 amide bonds. The first kappa shape index (κ1) is 11.9. The Morgan fingerprint density at radius 1 is 1.44 bits per heavy atom. The molecule has 3 nitrogen and oxygen atoms in total. The first-order valence-corrected chi connectivity index (χ1v) is 6.70. The Bertz CT molecular complexity index is 252. The largest absolute Gasteiger partial charge is 0.356 e.